The van der Waals surface area contributed by atoms with Gasteiger partial charge in [0.15, 0.2) is 11.5 Å². The van der Waals surface area contributed by atoms with E-state index in [9.17, 15) is 9.18 Å². The van der Waals surface area contributed by atoms with Gasteiger partial charge in [-0.1, -0.05) is 29.3 Å². The van der Waals surface area contributed by atoms with Gasteiger partial charge in [0.1, 0.15) is 5.82 Å². The van der Waals surface area contributed by atoms with Crippen LogP contribution in [0.4, 0.5) is 15.9 Å². The zero-order chi connectivity index (χ0) is 14.0. The molecular weight excluding hydrogens is 294 g/mol. The Balaban J connectivity index is 2.31. The summed E-state index contributed by atoms with van der Waals surface area (Å²) < 4.78 is 13.2. The lowest BCUT2D eigenvalue weighted by molar-refractivity contribution is 0.0690. The summed E-state index contributed by atoms with van der Waals surface area (Å²) in [5.41, 5.74) is 0.302. The summed E-state index contributed by atoms with van der Waals surface area (Å²) in [6.45, 7) is 0. The fourth-order valence-corrected chi connectivity index (χ4v) is 1.89. The van der Waals surface area contributed by atoms with E-state index in [1.165, 1.54) is 24.3 Å². The lowest BCUT2D eigenvalue weighted by Crippen LogP contribution is -2.02. The maximum Gasteiger partial charge on any atom is 0.354 e. The summed E-state index contributed by atoms with van der Waals surface area (Å²) in [4.78, 5) is 14.6. The minimum Gasteiger partial charge on any atom is -0.477 e. The van der Waals surface area contributed by atoms with Gasteiger partial charge in [0.25, 0.3) is 0 Å². The van der Waals surface area contributed by atoms with E-state index in [0.717, 1.165) is 0 Å². The molecular formula is C12H7Cl2FN2O2. The number of hydrogen-bond donors (Lipinski definition) is 2. The first-order valence-electron chi connectivity index (χ1n) is 5.09. The van der Waals surface area contributed by atoms with Crippen LogP contribution in [0.5, 0.6) is 0 Å². The minimum absolute atomic E-state index is 0.107. The van der Waals surface area contributed by atoms with E-state index in [-0.39, 0.29) is 15.7 Å². The Bertz CT molecular complexity index is 626. The van der Waals surface area contributed by atoms with Crippen LogP contribution in [0.1, 0.15) is 10.5 Å². The molecule has 7 heteroatoms. The van der Waals surface area contributed by atoms with E-state index in [0.29, 0.717) is 11.5 Å². The van der Waals surface area contributed by atoms with Gasteiger partial charge in [-0.3, -0.25) is 0 Å². The molecule has 2 N–H and O–H groups in total. The summed E-state index contributed by atoms with van der Waals surface area (Å²) in [6.07, 6.45) is 0. The van der Waals surface area contributed by atoms with E-state index in [1.54, 1.807) is 6.07 Å². The van der Waals surface area contributed by atoms with Gasteiger partial charge in [-0.15, -0.1) is 0 Å². The smallest absolute Gasteiger partial charge is 0.354 e. The highest BCUT2D eigenvalue weighted by Gasteiger charge is 2.09. The second-order valence-electron chi connectivity index (χ2n) is 3.59. The molecule has 0 aliphatic heterocycles. The first-order chi connectivity index (χ1) is 8.97. The molecule has 0 unspecified atom stereocenters. The Morgan fingerprint density at radius 2 is 1.89 bits per heavy atom. The average molecular weight is 301 g/mol. The van der Waals surface area contributed by atoms with Crippen LogP contribution in [-0.2, 0) is 0 Å². The molecule has 0 fully saturated rings. The van der Waals surface area contributed by atoms with Crippen LogP contribution in [-0.4, -0.2) is 16.1 Å². The molecule has 0 bridgehead atoms. The van der Waals surface area contributed by atoms with Crippen molar-refractivity contribution < 1.29 is 14.3 Å². The highest BCUT2D eigenvalue weighted by atomic mass is 35.5. The SMILES string of the molecule is O=C(O)c1cccc(Nc2cc(Cl)c(F)c(Cl)c2)n1. The van der Waals surface area contributed by atoms with Crippen molar-refractivity contribution in [2.24, 2.45) is 0 Å². The number of nitrogens with one attached hydrogen (secondary N) is 1. The highest BCUT2D eigenvalue weighted by Crippen LogP contribution is 2.28. The number of benzene rings is 1. The van der Waals surface area contributed by atoms with E-state index < -0.39 is 11.8 Å². The predicted molar refractivity (Wildman–Crippen MR) is 70.9 cm³/mol. The van der Waals surface area contributed by atoms with Gasteiger partial charge < -0.3 is 10.4 Å². The highest BCUT2D eigenvalue weighted by molar-refractivity contribution is 6.35. The van der Waals surface area contributed by atoms with E-state index in [4.69, 9.17) is 28.3 Å². The van der Waals surface area contributed by atoms with Crippen LogP contribution < -0.4 is 5.32 Å². The van der Waals surface area contributed by atoms with Crippen LogP contribution >= 0.6 is 23.2 Å². The lowest BCUT2D eigenvalue weighted by Gasteiger charge is -2.08. The van der Waals surface area contributed by atoms with Crippen LogP contribution in [0.15, 0.2) is 30.3 Å². The third-order valence-electron chi connectivity index (χ3n) is 2.22. The van der Waals surface area contributed by atoms with Gasteiger partial charge in [0, 0.05) is 5.69 Å². The number of carboxylic acid groups (broad SMARTS) is 1. The number of carbonyl (C=O) groups is 1. The Morgan fingerprint density at radius 3 is 2.47 bits per heavy atom. The number of nitrogens with zero attached hydrogens (tertiary/aromatic N) is 1. The molecule has 1 aromatic heterocycles. The zero-order valence-corrected chi connectivity index (χ0v) is 10.8. The number of rotatable bonds is 3. The largest absolute Gasteiger partial charge is 0.477 e. The third-order valence-corrected chi connectivity index (χ3v) is 2.77. The van der Waals surface area contributed by atoms with Crippen LogP contribution in [0.3, 0.4) is 0 Å². The van der Waals surface area contributed by atoms with E-state index >= 15 is 0 Å². The maximum atomic E-state index is 13.2. The Kier molecular flexibility index (Phi) is 3.87. The molecule has 0 atom stereocenters. The zero-order valence-electron chi connectivity index (χ0n) is 9.32. The summed E-state index contributed by atoms with van der Waals surface area (Å²) >= 11 is 11.3. The molecule has 98 valence electrons. The number of halogens is 3. The third kappa shape index (κ3) is 3.13. The summed E-state index contributed by atoms with van der Waals surface area (Å²) in [7, 11) is 0. The standard InChI is InChI=1S/C12H7Cl2FN2O2/c13-7-4-6(5-8(14)11(7)15)16-10-3-1-2-9(17-10)12(18)19/h1-5H,(H,16,17)(H,18,19). The van der Waals surface area contributed by atoms with Gasteiger partial charge >= 0.3 is 5.97 Å². The Morgan fingerprint density at radius 1 is 1.26 bits per heavy atom. The Hall–Kier alpha value is -1.85. The van der Waals surface area contributed by atoms with Gasteiger partial charge in [0.05, 0.1) is 10.0 Å². The van der Waals surface area contributed by atoms with Gasteiger partial charge in [-0.05, 0) is 24.3 Å². The summed E-state index contributed by atoms with van der Waals surface area (Å²) in [5, 5.41) is 11.3. The molecule has 1 heterocycles. The van der Waals surface area contributed by atoms with Crippen LogP contribution in [0.25, 0.3) is 0 Å². The van der Waals surface area contributed by atoms with Crippen molar-refractivity contribution in [1.82, 2.24) is 4.98 Å². The monoisotopic (exact) mass is 300 g/mol. The molecule has 0 radical (unpaired) electrons. The molecule has 0 aliphatic carbocycles. The average Bonchev–Trinajstić information content (AvgIpc) is 2.36. The first kappa shape index (κ1) is 13.6. The van der Waals surface area contributed by atoms with Crippen molar-refractivity contribution in [1.29, 1.82) is 0 Å². The molecule has 0 aliphatic rings. The number of carboxylic acids is 1. The van der Waals surface area contributed by atoms with Gasteiger partial charge in [-0.25, -0.2) is 14.2 Å². The maximum absolute atomic E-state index is 13.2. The lowest BCUT2D eigenvalue weighted by atomic mass is 10.3. The topological polar surface area (TPSA) is 62.2 Å². The molecule has 0 spiro atoms. The summed E-state index contributed by atoms with van der Waals surface area (Å²) in [5.74, 6) is -1.56. The fourth-order valence-electron chi connectivity index (χ4n) is 1.40. The molecule has 0 saturated carbocycles. The van der Waals surface area contributed by atoms with Gasteiger partial charge in [0.2, 0.25) is 0 Å². The molecule has 0 amide bonds. The van der Waals surface area contributed by atoms with Crippen molar-refractivity contribution in [3.63, 3.8) is 0 Å². The number of hydrogen-bond acceptors (Lipinski definition) is 3. The van der Waals surface area contributed by atoms with Crippen molar-refractivity contribution in [3.8, 4) is 0 Å². The Labute approximate surface area is 117 Å². The number of aromatic nitrogens is 1. The molecule has 2 aromatic rings. The first-order valence-corrected chi connectivity index (χ1v) is 5.85. The number of pyridine rings is 1. The second-order valence-corrected chi connectivity index (χ2v) is 4.41. The normalized spacial score (nSPS) is 10.3. The van der Waals surface area contributed by atoms with Crippen molar-refractivity contribution in [2.75, 3.05) is 5.32 Å². The van der Waals surface area contributed by atoms with Crippen molar-refractivity contribution >= 4 is 40.7 Å². The number of anilines is 2. The van der Waals surface area contributed by atoms with E-state index in [2.05, 4.69) is 10.3 Å². The summed E-state index contributed by atoms with van der Waals surface area (Å²) in [6, 6.07) is 7.12. The van der Waals surface area contributed by atoms with Crippen LogP contribution in [0.2, 0.25) is 10.0 Å². The second kappa shape index (κ2) is 5.42. The number of aromatic carboxylic acids is 1. The quantitative estimate of drug-likeness (QED) is 0.842. The molecule has 4 nitrogen and oxygen atoms in total. The van der Waals surface area contributed by atoms with Crippen molar-refractivity contribution in [3.05, 3.63) is 51.9 Å². The molecule has 19 heavy (non-hydrogen) atoms. The van der Waals surface area contributed by atoms with Gasteiger partial charge in [-0.2, -0.15) is 0 Å². The van der Waals surface area contributed by atoms with E-state index in [1.807, 2.05) is 0 Å². The fraction of sp³-hybridized carbons (Fsp3) is 0. The molecule has 0 saturated heterocycles. The molecule has 1 aromatic carbocycles. The predicted octanol–water partition coefficient (Wildman–Crippen LogP) is 3.97. The van der Waals surface area contributed by atoms with Crippen LogP contribution in [0, 0.1) is 5.82 Å². The van der Waals surface area contributed by atoms with Crippen molar-refractivity contribution in [2.45, 2.75) is 0 Å². The molecule has 2 rings (SSSR count). The minimum atomic E-state index is -1.14.